The maximum absolute atomic E-state index is 12.5. The fourth-order valence-corrected chi connectivity index (χ4v) is 3.06. The molecule has 6 heteroatoms. The first-order valence-electron chi connectivity index (χ1n) is 7.99. The van der Waals surface area contributed by atoms with Crippen molar-refractivity contribution in [2.45, 2.75) is 6.54 Å². The molecule has 0 unspecified atom stereocenters. The average molecular weight is 386 g/mol. The van der Waals surface area contributed by atoms with E-state index in [1.807, 2.05) is 30.1 Å². The van der Waals surface area contributed by atoms with Gasteiger partial charge in [0.05, 0.1) is 17.4 Å². The SMILES string of the molecule is CN(Cc1ccccc1)c1cncc(C(=O)Nc2cc(Cl)cc(Cl)c2)c1. The van der Waals surface area contributed by atoms with Crippen molar-refractivity contribution < 1.29 is 4.79 Å². The van der Waals surface area contributed by atoms with Crippen LogP contribution in [-0.2, 0) is 6.54 Å². The second kappa shape index (κ2) is 8.21. The summed E-state index contributed by atoms with van der Waals surface area (Å²) in [5, 5.41) is 3.71. The Hall–Kier alpha value is -2.56. The fourth-order valence-electron chi connectivity index (χ4n) is 2.54. The third kappa shape index (κ3) is 4.75. The first kappa shape index (κ1) is 18.2. The fraction of sp³-hybridized carbons (Fsp3) is 0.100. The van der Waals surface area contributed by atoms with E-state index in [1.165, 1.54) is 11.8 Å². The van der Waals surface area contributed by atoms with Crippen molar-refractivity contribution in [3.05, 3.63) is 88.2 Å². The number of aromatic nitrogens is 1. The van der Waals surface area contributed by atoms with Crippen LogP contribution in [0, 0.1) is 0 Å². The van der Waals surface area contributed by atoms with Crippen LogP contribution in [-0.4, -0.2) is 17.9 Å². The predicted octanol–water partition coefficient (Wildman–Crippen LogP) is 5.28. The molecule has 4 nitrogen and oxygen atoms in total. The summed E-state index contributed by atoms with van der Waals surface area (Å²) in [6.45, 7) is 0.720. The number of nitrogens with zero attached hydrogens (tertiary/aromatic N) is 2. The monoisotopic (exact) mass is 385 g/mol. The van der Waals surface area contributed by atoms with Gasteiger partial charge in [-0.3, -0.25) is 9.78 Å². The molecule has 0 spiro atoms. The van der Waals surface area contributed by atoms with E-state index in [-0.39, 0.29) is 5.91 Å². The van der Waals surface area contributed by atoms with Crippen molar-refractivity contribution in [1.29, 1.82) is 0 Å². The van der Waals surface area contributed by atoms with E-state index in [4.69, 9.17) is 23.2 Å². The molecule has 0 aliphatic carbocycles. The lowest BCUT2D eigenvalue weighted by Gasteiger charge is -2.19. The molecule has 0 fully saturated rings. The molecule has 0 bridgehead atoms. The number of hydrogen-bond acceptors (Lipinski definition) is 3. The lowest BCUT2D eigenvalue weighted by Crippen LogP contribution is -2.18. The molecule has 1 heterocycles. The van der Waals surface area contributed by atoms with Crippen LogP contribution in [0.4, 0.5) is 11.4 Å². The zero-order valence-electron chi connectivity index (χ0n) is 14.1. The Bertz CT molecular complexity index is 896. The Morgan fingerprint density at radius 2 is 1.73 bits per heavy atom. The molecule has 3 aromatic rings. The minimum absolute atomic E-state index is 0.272. The summed E-state index contributed by atoms with van der Waals surface area (Å²) in [5.41, 5.74) is 3.03. The van der Waals surface area contributed by atoms with Gasteiger partial charge in [-0.25, -0.2) is 0 Å². The number of rotatable bonds is 5. The Morgan fingerprint density at radius 3 is 2.42 bits per heavy atom. The summed E-state index contributed by atoms with van der Waals surface area (Å²) < 4.78 is 0. The highest BCUT2D eigenvalue weighted by atomic mass is 35.5. The number of amides is 1. The van der Waals surface area contributed by atoms with Gasteiger partial charge in [0.1, 0.15) is 0 Å². The highest BCUT2D eigenvalue weighted by Gasteiger charge is 2.11. The maximum Gasteiger partial charge on any atom is 0.257 e. The van der Waals surface area contributed by atoms with Crippen molar-refractivity contribution in [1.82, 2.24) is 4.98 Å². The Morgan fingerprint density at radius 1 is 1.04 bits per heavy atom. The van der Waals surface area contributed by atoms with E-state index >= 15 is 0 Å². The van der Waals surface area contributed by atoms with E-state index in [0.29, 0.717) is 21.3 Å². The van der Waals surface area contributed by atoms with Crippen LogP contribution in [0.3, 0.4) is 0 Å². The molecule has 26 heavy (non-hydrogen) atoms. The van der Waals surface area contributed by atoms with Gasteiger partial charge >= 0.3 is 0 Å². The number of anilines is 2. The van der Waals surface area contributed by atoms with Crippen molar-refractivity contribution in [3.63, 3.8) is 0 Å². The molecule has 0 saturated heterocycles. The molecule has 3 rings (SSSR count). The number of nitrogens with one attached hydrogen (secondary N) is 1. The number of benzene rings is 2. The van der Waals surface area contributed by atoms with Crippen molar-refractivity contribution >= 4 is 40.5 Å². The second-order valence-electron chi connectivity index (χ2n) is 5.89. The molecule has 0 aliphatic rings. The van der Waals surface area contributed by atoms with Crippen LogP contribution in [0.5, 0.6) is 0 Å². The van der Waals surface area contributed by atoms with Crippen LogP contribution >= 0.6 is 23.2 Å². The van der Waals surface area contributed by atoms with Crippen LogP contribution in [0.2, 0.25) is 10.0 Å². The molecule has 132 valence electrons. The molecule has 1 aromatic heterocycles. The van der Waals surface area contributed by atoms with Gasteiger partial charge in [-0.1, -0.05) is 53.5 Å². The molecule has 0 radical (unpaired) electrons. The second-order valence-corrected chi connectivity index (χ2v) is 6.76. The topological polar surface area (TPSA) is 45.2 Å². The zero-order valence-corrected chi connectivity index (χ0v) is 15.6. The summed E-state index contributed by atoms with van der Waals surface area (Å²) in [6, 6.07) is 16.8. The summed E-state index contributed by atoms with van der Waals surface area (Å²) in [4.78, 5) is 18.7. The Kier molecular flexibility index (Phi) is 5.76. The smallest absolute Gasteiger partial charge is 0.257 e. The van der Waals surface area contributed by atoms with Gasteiger partial charge < -0.3 is 10.2 Å². The van der Waals surface area contributed by atoms with Gasteiger partial charge in [0, 0.05) is 35.5 Å². The van der Waals surface area contributed by atoms with Gasteiger partial charge in [-0.15, -0.1) is 0 Å². The Labute approximate surface area is 162 Å². The zero-order chi connectivity index (χ0) is 18.5. The molecule has 0 aliphatic heterocycles. The lowest BCUT2D eigenvalue weighted by atomic mass is 10.2. The van der Waals surface area contributed by atoms with E-state index < -0.39 is 0 Å². The third-order valence-corrected chi connectivity index (χ3v) is 4.25. The molecule has 0 saturated carbocycles. The number of hydrogen-bond donors (Lipinski definition) is 1. The third-order valence-electron chi connectivity index (χ3n) is 3.81. The van der Waals surface area contributed by atoms with Gasteiger partial charge in [0.2, 0.25) is 0 Å². The summed E-state index contributed by atoms with van der Waals surface area (Å²) in [6.07, 6.45) is 3.26. The molecule has 0 atom stereocenters. The molecular formula is C20H17Cl2N3O. The first-order chi connectivity index (χ1) is 12.5. The van der Waals surface area contributed by atoms with Gasteiger partial charge in [0.15, 0.2) is 0 Å². The first-order valence-corrected chi connectivity index (χ1v) is 8.74. The summed E-state index contributed by atoms with van der Waals surface area (Å²) in [5.74, 6) is -0.272. The standard InChI is InChI=1S/C20H17Cl2N3O/c1-25(13-14-5-3-2-4-6-14)19-7-15(11-23-12-19)20(26)24-18-9-16(21)8-17(22)10-18/h2-12H,13H2,1H3,(H,24,26). The average Bonchev–Trinajstić information content (AvgIpc) is 2.62. The van der Waals surface area contributed by atoms with Gasteiger partial charge in [-0.2, -0.15) is 0 Å². The number of pyridine rings is 1. The number of carbonyl (C=O) groups is 1. The van der Waals surface area contributed by atoms with Crippen LogP contribution < -0.4 is 10.2 Å². The van der Waals surface area contributed by atoms with Crippen LogP contribution in [0.15, 0.2) is 67.0 Å². The Balaban J connectivity index is 1.74. The largest absolute Gasteiger partial charge is 0.369 e. The van der Waals surface area contributed by atoms with Crippen LogP contribution in [0.25, 0.3) is 0 Å². The van der Waals surface area contributed by atoms with E-state index in [9.17, 15) is 4.79 Å². The molecule has 2 aromatic carbocycles. The van der Waals surface area contributed by atoms with Crippen LogP contribution in [0.1, 0.15) is 15.9 Å². The lowest BCUT2D eigenvalue weighted by molar-refractivity contribution is 0.102. The quantitative estimate of drug-likeness (QED) is 0.649. The highest BCUT2D eigenvalue weighted by Crippen LogP contribution is 2.23. The highest BCUT2D eigenvalue weighted by molar-refractivity contribution is 6.35. The molecule has 1 amide bonds. The predicted molar refractivity (Wildman–Crippen MR) is 107 cm³/mol. The molecular weight excluding hydrogens is 369 g/mol. The minimum atomic E-state index is -0.272. The summed E-state index contributed by atoms with van der Waals surface area (Å²) in [7, 11) is 1.96. The van der Waals surface area contributed by atoms with Crippen molar-refractivity contribution in [2.75, 3.05) is 17.3 Å². The van der Waals surface area contributed by atoms with E-state index in [1.54, 1.807) is 30.5 Å². The van der Waals surface area contributed by atoms with Crippen molar-refractivity contribution in [3.8, 4) is 0 Å². The molecule has 1 N–H and O–H groups in total. The van der Waals surface area contributed by atoms with E-state index in [2.05, 4.69) is 22.4 Å². The van der Waals surface area contributed by atoms with Gasteiger partial charge in [-0.05, 0) is 29.8 Å². The van der Waals surface area contributed by atoms with Crippen molar-refractivity contribution in [2.24, 2.45) is 0 Å². The summed E-state index contributed by atoms with van der Waals surface area (Å²) >= 11 is 11.9. The minimum Gasteiger partial charge on any atom is -0.369 e. The normalized spacial score (nSPS) is 10.4. The number of carbonyl (C=O) groups excluding carboxylic acids is 1. The number of halogens is 2. The van der Waals surface area contributed by atoms with Gasteiger partial charge in [0.25, 0.3) is 5.91 Å². The van der Waals surface area contributed by atoms with E-state index in [0.717, 1.165) is 12.2 Å². The maximum atomic E-state index is 12.5.